The summed E-state index contributed by atoms with van der Waals surface area (Å²) in [6.07, 6.45) is 1.99. The van der Waals surface area contributed by atoms with Gasteiger partial charge < -0.3 is 19.3 Å². The number of pyridine rings is 1. The summed E-state index contributed by atoms with van der Waals surface area (Å²) in [6, 6.07) is 12.0. The van der Waals surface area contributed by atoms with E-state index in [-0.39, 0.29) is 11.9 Å². The van der Waals surface area contributed by atoms with Gasteiger partial charge >= 0.3 is 0 Å². The van der Waals surface area contributed by atoms with Crippen molar-refractivity contribution in [3.63, 3.8) is 0 Å². The minimum Gasteiger partial charge on any atom is -0.504 e. The van der Waals surface area contributed by atoms with Crippen molar-refractivity contribution in [3.05, 3.63) is 42.6 Å². The van der Waals surface area contributed by atoms with Gasteiger partial charge in [-0.25, -0.2) is 0 Å². The highest BCUT2D eigenvalue weighted by Crippen LogP contribution is 2.40. The zero-order valence-corrected chi connectivity index (χ0v) is 16.7. The smallest absolute Gasteiger partial charge is 0.220 e. The van der Waals surface area contributed by atoms with Gasteiger partial charge in [0.1, 0.15) is 7.05 Å². The van der Waals surface area contributed by atoms with Gasteiger partial charge in [-0.3, -0.25) is 0 Å². The quantitative estimate of drug-likeness (QED) is 0.420. The number of rotatable bonds is 4. The lowest BCUT2D eigenvalue weighted by Crippen LogP contribution is -2.28. The summed E-state index contributed by atoms with van der Waals surface area (Å²) in [5.74, 6) is 2.04. The van der Waals surface area contributed by atoms with Gasteiger partial charge in [0.2, 0.25) is 5.52 Å². The fraction of sp³-hybridized carbons (Fsp3) is 0.261. The van der Waals surface area contributed by atoms with Crippen molar-refractivity contribution in [2.45, 2.75) is 20.0 Å². The fourth-order valence-electron chi connectivity index (χ4n) is 3.80. The summed E-state index contributed by atoms with van der Waals surface area (Å²) in [7, 11) is 5.18. The molecule has 1 N–H and O–H groups in total. The number of aryl methyl sites for hydroxylation is 1. The molecule has 0 fully saturated rings. The molecule has 0 aliphatic carbocycles. The molecule has 144 valence electrons. The number of methoxy groups -OCH3 is 2. The molecular weight excluding hydrogens is 354 g/mol. The monoisotopic (exact) mass is 378 g/mol. The number of phenols is 1. The number of aromatic hydroxyl groups is 1. The van der Waals surface area contributed by atoms with E-state index in [0.29, 0.717) is 11.5 Å². The van der Waals surface area contributed by atoms with Crippen LogP contribution in [0.1, 0.15) is 13.8 Å². The average Bonchev–Trinajstić information content (AvgIpc) is 2.67. The molecule has 0 spiro atoms. The van der Waals surface area contributed by atoms with Gasteiger partial charge in [-0.1, -0.05) is 6.07 Å². The fourth-order valence-corrected chi connectivity index (χ4v) is 3.80. The van der Waals surface area contributed by atoms with E-state index in [0.717, 1.165) is 38.2 Å². The third-order valence-corrected chi connectivity index (χ3v) is 5.00. The van der Waals surface area contributed by atoms with Crippen molar-refractivity contribution in [2.75, 3.05) is 14.2 Å². The highest BCUT2D eigenvalue weighted by Gasteiger charge is 2.20. The number of hydrogen-bond acceptors (Lipinski definition) is 4. The second-order valence-electron chi connectivity index (χ2n) is 7.17. The first-order valence-corrected chi connectivity index (χ1v) is 9.24. The summed E-state index contributed by atoms with van der Waals surface area (Å²) in [5.41, 5.74) is 1.06. The standard InChI is InChI=1S/C23H23NO4/c1-13(2)28-21-10-14-6-7-16-15-8-9-19(26-4)23(25)18(15)12-24(3)22(16)17(14)11-20(21)27-5/h6-13H,1-5H3/p+1. The van der Waals surface area contributed by atoms with Crippen LogP contribution in [0.15, 0.2) is 42.6 Å². The van der Waals surface area contributed by atoms with Gasteiger partial charge in [0, 0.05) is 5.39 Å². The number of phenolic OH excluding ortho intramolecular Hbond substituents is 1. The Morgan fingerprint density at radius 1 is 0.821 bits per heavy atom. The second-order valence-corrected chi connectivity index (χ2v) is 7.17. The Hall–Kier alpha value is -3.21. The summed E-state index contributed by atoms with van der Waals surface area (Å²) in [4.78, 5) is 0. The van der Waals surface area contributed by atoms with E-state index in [4.69, 9.17) is 14.2 Å². The van der Waals surface area contributed by atoms with Crippen LogP contribution in [0.4, 0.5) is 0 Å². The molecule has 0 amide bonds. The van der Waals surface area contributed by atoms with Crippen molar-refractivity contribution in [1.29, 1.82) is 0 Å². The number of ether oxygens (including phenoxy) is 3. The summed E-state index contributed by atoms with van der Waals surface area (Å²) in [5, 5.41) is 15.5. The maximum absolute atomic E-state index is 10.6. The average molecular weight is 378 g/mol. The first-order chi connectivity index (χ1) is 13.4. The van der Waals surface area contributed by atoms with E-state index in [9.17, 15) is 5.11 Å². The topological polar surface area (TPSA) is 51.8 Å². The zero-order valence-electron chi connectivity index (χ0n) is 16.7. The number of nitrogens with zero attached hydrogens (tertiary/aromatic N) is 1. The van der Waals surface area contributed by atoms with Gasteiger partial charge in [-0.2, -0.15) is 4.57 Å². The van der Waals surface area contributed by atoms with Crippen LogP contribution < -0.4 is 18.8 Å². The molecule has 4 rings (SSSR count). The lowest BCUT2D eigenvalue weighted by molar-refractivity contribution is -0.642. The van der Waals surface area contributed by atoms with Crippen LogP contribution >= 0.6 is 0 Å². The predicted molar refractivity (Wildman–Crippen MR) is 111 cm³/mol. The summed E-state index contributed by atoms with van der Waals surface area (Å²) >= 11 is 0. The Labute approximate surface area is 163 Å². The molecule has 0 saturated heterocycles. The van der Waals surface area contributed by atoms with E-state index >= 15 is 0 Å². The van der Waals surface area contributed by atoms with E-state index in [2.05, 4.69) is 12.1 Å². The minimum atomic E-state index is 0.0600. The maximum Gasteiger partial charge on any atom is 0.220 e. The highest BCUT2D eigenvalue weighted by atomic mass is 16.5. The van der Waals surface area contributed by atoms with Gasteiger partial charge in [0.15, 0.2) is 29.2 Å². The molecule has 5 heteroatoms. The SMILES string of the molecule is COc1cc2c(ccc3c4ccc(OC)c(O)c4c[n+](C)c23)cc1OC(C)C. The molecule has 0 atom stereocenters. The third kappa shape index (κ3) is 2.74. The van der Waals surface area contributed by atoms with E-state index in [1.165, 1.54) is 0 Å². The molecule has 0 unspecified atom stereocenters. The van der Waals surface area contributed by atoms with Gasteiger partial charge in [-0.15, -0.1) is 0 Å². The van der Waals surface area contributed by atoms with Gasteiger partial charge in [-0.05, 0) is 49.6 Å². The predicted octanol–water partition coefficient (Wildman–Crippen LogP) is 4.48. The molecule has 1 aromatic heterocycles. The Kier molecular flexibility index (Phi) is 4.38. The molecule has 28 heavy (non-hydrogen) atoms. The van der Waals surface area contributed by atoms with E-state index in [1.807, 2.05) is 49.9 Å². The lowest BCUT2D eigenvalue weighted by atomic mass is 10.00. The summed E-state index contributed by atoms with van der Waals surface area (Å²) in [6.45, 7) is 3.99. The molecule has 3 aromatic carbocycles. The second kappa shape index (κ2) is 6.75. The Morgan fingerprint density at radius 3 is 2.21 bits per heavy atom. The van der Waals surface area contributed by atoms with Gasteiger partial charge in [0.25, 0.3) is 0 Å². The van der Waals surface area contributed by atoms with Crippen LogP contribution in [-0.4, -0.2) is 25.4 Å². The Balaban J connectivity index is 2.09. The maximum atomic E-state index is 10.6. The van der Waals surface area contributed by atoms with E-state index in [1.54, 1.807) is 20.3 Å². The molecule has 0 aliphatic heterocycles. The first-order valence-electron chi connectivity index (χ1n) is 9.24. The van der Waals surface area contributed by atoms with Gasteiger partial charge in [0.05, 0.1) is 36.5 Å². The zero-order chi connectivity index (χ0) is 20.0. The Bertz CT molecular complexity index is 1210. The molecule has 0 aliphatic rings. The first kappa shape index (κ1) is 18.2. The third-order valence-electron chi connectivity index (χ3n) is 5.00. The normalized spacial score (nSPS) is 11.5. The molecule has 4 aromatic rings. The van der Waals surface area contributed by atoms with Crippen LogP contribution in [0, 0.1) is 0 Å². The van der Waals surface area contributed by atoms with Crippen LogP contribution in [0.2, 0.25) is 0 Å². The largest absolute Gasteiger partial charge is 0.504 e. The van der Waals surface area contributed by atoms with Crippen molar-refractivity contribution in [2.24, 2.45) is 7.05 Å². The van der Waals surface area contributed by atoms with Crippen molar-refractivity contribution in [1.82, 2.24) is 0 Å². The van der Waals surface area contributed by atoms with Crippen LogP contribution in [-0.2, 0) is 7.05 Å². The summed E-state index contributed by atoms with van der Waals surface area (Å²) < 4.78 is 18.8. The number of benzene rings is 3. The molecule has 0 bridgehead atoms. The minimum absolute atomic E-state index is 0.0600. The highest BCUT2D eigenvalue weighted by molar-refractivity contribution is 6.15. The molecule has 1 heterocycles. The molecule has 0 radical (unpaired) electrons. The molecule has 5 nitrogen and oxygen atoms in total. The number of hydrogen-bond donors (Lipinski definition) is 1. The number of fused-ring (bicyclic) bond motifs is 5. The van der Waals surface area contributed by atoms with Crippen LogP contribution in [0.3, 0.4) is 0 Å². The molecule has 0 saturated carbocycles. The lowest BCUT2D eigenvalue weighted by Gasteiger charge is -2.15. The Morgan fingerprint density at radius 2 is 1.54 bits per heavy atom. The van der Waals surface area contributed by atoms with Crippen molar-refractivity contribution < 1.29 is 23.9 Å². The molecular formula is C23H24NO4+. The van der Waals surface area contributed by atoms with Crippen molar-refractivity contribution in [3.8, 4) is 23.0 Å². The van der Waals surface area contributed by atoms with Crippen molar-refractivity contribution >= 4 is 32.4 Å². The number of aromatic nitrogens is 1. The van der Waals surface area contributed by atoms with Crippen LogP contribution in [0.5, 0.6) is 23.0 Å². The van der Waals surface area contributed by atoms with E-state index < -0.39 is 0 Å². The van der Waals surface area contributed by atoms with Crippen LogP contribution in [0.25, 0.3) is 32.4 Å².